The third-order valence-corrected chi connectivity index (χ3v) is 3.65. The van der Waals surface area contributed by atoms with Crippen LogP contribution in [0.2, 0.25) is 0 Å². The Morgan fingerprint density at radius 3 is 3.00 bits per heavy atom. The van der Waals surface area contributed by atoms with Crippen LogP contribution in [0.15, 0.2) is 23.3 Å². The van der Waals surface area contributed by atoms with Crippen molar-refractivity contribution < 1.29 is 14.2 Å². The second-order valence-corrected chi connectivity index (χ2v) is 5.52. The van der Waals surface area contributed by atoms with Crippen LogP contribution in [0, 0.1) is 0 Å². The van der Waals surface area contributed by atoms with Crippen LogP contribution in [0.5, 0.6) is 5.88 Å². The van der Waals surface area contributed by atoms with Gasteiger partial charge in [0.2, 0.25) is 5.88 Å². The molecule has 8 heteroatoms. The molecule has 142 valence electrons. The minimum atomic E-state index is 0. The quantitative estimate of drug-likeness (QED) is 0.252. The van der Waals surface area contributed by atoms with Gasteiger partial charge >= 0.3 is 0 Å². The third-order valence-electron chi connectivity index (χ3n) is 3.65. The van der Waals surface area contributed by atoms with Crippen LogP contribution in [0.3, 0.4) is 0 Å². The summed E-state index contributed by atoms with van der Waals surface area (Å²) in [4.78, 5) is 8.90. The fourth-order valence-corrected chi connectivity index (χ4v) is 2.42. The number of aromatic nitrogens is 1. The van der Waals surface area contributed by atoms with Crippen LogP contribution >= 0.6 is 24.0 Å². The lowest BCUT2D eigenvalue weighted by Crippen LogP contribution is -2.41. The third kappa shape index (κ3) is 8.19. The molecule has 1 unspecified atom stereocenters. The molecule has 1 fully saturated rings. The molecule has 2 N–H and O–H groups in total. The molecule has 25 heavy (non-hydrogen) atoms. The lowest BCUT2D eigenvalue weighted by molar-refractivity contribution is 0.114. The van der Waals surface area contributed by atoms with Gasteiger partial charge in [-0.1, -0.05) is 6.07 Å². The average Bonchev–Trinajstić information content (AvgIpc) is 3.12. The van der Waals surface area contributed by atoms with Crippen LogP contribution in [0.4, 0.5) is 0 Å². The number of ether oxygens (including phenoxy) is 3. The molecule has 1 aromatic rings. The zero-order valence-electron chi connectivity index (χ0n) is 15.0. The number of pyridine rings is 1. The normalized spacial score (nSPS) is 17.0. The number of hydrogen-bond acceptors (Lipinski definition) is 5. The van der Waals surface area contributed by atoms with E-state index in [-0.39, 0.29) is 30.1 Å². The smallest absolute Gasteiger partial charge is 0.218 e. The molecule has 0 saturated carbocycles. The van der Waals surface area contributed by atoms with E-state index in [4.69, 9.17) is 14.2 Å². The summed E-state index contributed by atoms with van der Waals surface area (Å²) in [7, 11) is 1.65. The molecule has 7 nitrogen and oxygen atoms in total. The molecule has 2 rings (SSSR count). The molecular formula is C17H29IN4O3. The first-order valence-electron chi connectivity index (χ1n) is 8.53. The second kappa shape index (κ2) is 13.1. The van der Waals surface area contributed by atoms with E-state index in [2.05, 4.69) is 20.6 Å². The van der Waals surface area contributed by atoms with E-state index >= 15 is 0 Å². The minimum absolute atomic E-state index is 0. The molecule has 2 heterocycles. The van der Waals surface area contributed by atoms with Crippen molar-refractivity contribution in [2.45, 2.75) is 32.4 Å². The monoisotopic (exact) mass is 464 g/mol. The Kier molecular flexibility index (Phi) is 11.5. The van der Waals surface area contributed by atoms with Gasteiger partial charge in [-0.25, -0.2) is 9.98 Å². The highest BCUT2D eigenvalue weighted by Gasteiger charge is 2.15. The van der Waals surface area contributed by atoms with Crippen molar-refractivity contribution in [1.82, 2.24) is 15.6 Å². The van der Waals surface area contributed by atoms with E-state index in [1.807, 2.05) is 19.1 Å². The van der Waals surface area contributed by atoms with E-state index in [0.29, 0.717) is 25.6 Å². The molecular weight excluding hydrogens is 435 g/mol. The van der Waals surface area contributed by atoms with Gasteiger partial charge in [0.15, 0.2) is 5.96 Å². The Morgan fingerprint density at radius 2 is 2.28 bits per heavy atom. The standard InChI is InChI=1S/C17H28N4O3.HI/c1-3-18-17(21-13-15-7-5-9-23-15)20-12-14-6-4-8-19-16(14)24-11-10-22-2;/h4,6,8,15H,3,5,7,9-13H2,1-2H3,(H2,18,20,21);1H. The number of rotatable bonds is 9. The first-order valence-corrected chi connectivity index (χ1v) is 8.53. The van der Waals surface area contributed by atoms with Crippen LogP contribution in [0.1, 0.15) is 25.3 Å². The molecule has 1 saturated heterocycles. The van der Waals surface area contributed by atoms with Gasteiger partial charge in [-0.15, -0.1) is 24.0 Å². The molecule has 0 amide bonds. The van der Waals surface area contributed by atoms with E-state index in [9.17, 15) is 0 Å². The lowest BCUT2D eigenvalue weighted by atomic mass is 10.2. The van der Waals surface area contributed by atoms with Gasteiger partial charge in [0.05, 0.1) is 19.3 Å². The topological polar surface area (TPSA) is 77.0 Å². The first kappa shape index (κ1) is 21.9. The van der Waals surface area contributed by atoms with Crippen LogP contribution in [-0.4, -0.2) is 57.1 Å². The first-order chi connectivity index (χ1) is 11.8. The van der Waals surface area contributed by atoms with E-state index in [0.717, 1.165) is 44.1 Å². The SMILES string of the molecule is CCNC(=NCc1cccnc1OCCOC)NCC1CCCO1.I. The van der Waals surface area contributed by atoms with Crippen molar-refractivity contribution in [2.24, 2.45) is 4.99 Å². The lowest BCUT2D eigenvalue weighted by Gasteiger charge is -2.15. The second-order valence-electron chi connectivity index (χ2n) is 5.52. The van der Waals surface area contributed by atoms with Gasteiger partial charge in [0, 0.05) is 38.6 Å². The van der Waals surface area contributed by atoms with Crippen LogP contribution in [0.25, 0.3) is 0 Å². The van der Waals surface area contributed by atoms with Crippen molar-refractivity contribution in [3.05, 3.63) is 23.9 Å². The zero-order valence-corrected chi connectivity index (χ0v) is 17.3. The van der Waals surface area contributed by atoms with Gasteiger partial charge < -0.3 is 24.8 Å². The molecule has 0 radical (unpaired) electrons. The Balaban J connectivity index is 0.00000312. The fraction of sp³-hybridized carbons (Fsp3) is 0.647. The van der Waals surface area contributed by atoms with E-state index in [1.165, 1.54) is 0 Å². The van der Waals surface area contributed by atoms with Crippen LogP contribution < -0.4 is 15.4 Å². The Hall–Kier alpha value is -1.13. The van der Waals surface area contributed by atoms with Gasteiger partial charge in [0.1, 0.15) is 6.61 Å². The van der Waals surface area contributed by atoms with Crippen molar-refractivity contribution in [3.8, 4) is 5.88 Å². The molecule has 1 atom stereocenters. The van der Waals surface area contributed by atoms with Gasteiger partial charge in [-0.3, -0.25) is 0 Å². The zero-order chi connectivity index (χ0) is 17.0. The Bertz CT molecular complexity index is 510. The summed E-state index contributed by atoms with van der Waals surface area (Å²) in [5.41, 5.74) is 0.947. The average molecular weight is 464 g/mol. The Labute approximate surface area is 167 Å². The maximum atomic E-state index is 5.64. The summed E-state index contributed by atoms with van der Waals surface area (Å²) in [6, 6.07) is 3.86. The van der Waals surface area contributed by atoms with Gasteiger partial charge in [-0.05, 0) is 25.8 Å². The summed E-state index contributed by atoms with van der Waals surface area (Å²) < 4.78 is 16.3. The highest BCUT2D eigenvalue weighted by molar-refractivity contribution is 14.0. The molecule has 1 aliphatic rings. The Morgan fingerprint density at radius 1 is 1.40 bits per heavy atom. The van der Waals surface area contributed by atoms with E-state index < -0.39 is 0 Å². The largest absolute Gasteiger partial charge is 0.475 e. The fourth-order valence-electron chi connectivity index (χ4n) is 2.42. The number of hydrogen-bond donors (Lipinski definition) is 2. The highest BCUT2D eigenvalue weighted by Crippen LogP contribution is 2.15. The molecule has 1 aromatic heterocycles. The summed E-state index contributed by atoms with van der Waals surface area (Å²) >= 11 is 0. The van der Waals surface area contributed by atoms with Crippen molar-refractivity contribution >= 4 is 29.9 Å². The maximum Gasteiger partial charge on any atom is 0.218 e. The van der Waals surface area contributed by atoms with E-state index in [1.54, 1.807) is 13.3 Å². The number of guanidine groups is 1. The maximum absolute atomic E-state index is 5.64. The number of aliphatic imine (C=N–C) groups is 1. The molecule has 0 bridgehead atoms. The number of halogens is 1. The minimum Gasteiger partial charge on any atom is -0.475 e. The van der Waals surface area contributed by atoms with Crippen molar-refractivity contribution in [1.29, 1.82) is 0 Å². The number of nitrogens with one attached hydrogen (secondary N) is 2. The summed E-state index contributed by atoms with van der Waals surface area (Å²) in [6.45, 7) is 5.99. The van der Waals surface area contributed by atoms with Gasteiger partial charge in [0.25, 0.3) is 0 Å². The molecule has 1 aliphatic heterocycles. The predicted molar refractivity (Wildman–Crippen MR) is 109 cm³/mol. The van der Waals surface area contributed by atoms with Crippen molar-refractivity contribution in [3.63, 3.8) is 0 Å². The summed E-state index contributed by atoms with van der Waals surface area (Å²) in [5.74, 6) is 1.38. The van der Waals surface area contributed by atoms with Gasteiger partial charge in [-0.2, -0.15) is 0 Å². The molecule has 0 aromatic carbocycles. The number of methoxy groups -OCH3 is 1. The summed E-state index contributed by atoms with van der Waals surface area (Å²) in [6.07, 6.45) is 4.24. The highest BCUT2D eigenvalue weighted by atomic mass is 127. The number of nitrogens with zero attached hydrogens (tertiary/aromatic N) is 2. The predicted octanol–water partition coefficient (Wildman–Crippen LogP) is 1.96. The molecule has 0 spiro atoms. The van der Waals surface area contributed by atoms with Crippen molar-refractivity contribution in [2.75, 3.05) is 40.0 Å². The van der Waals surface area contributed by atoms with Crippen LogP contribution in [-0.2, 0) is 16.0 Å². The summed E-state index contributed by atoms with van der Waals surface area (Å²) in [5, 5.41) is 6.59. The molecule has 0 aliphatic carbocycles.